The second-order valence-corrected chi connectivity index (χ2v) is 3.50. The van der Waals surface area contributed by atoms with Crippen LogP contribution in [0.1, 0.15) is 43.8 Å². The summed E-state index contributed by atoms with van der Waals surface area (Å²) in [5, 5.41) is 9.69. The van der Waals surface area contributed by atoms with Crippen LogP contribution in [0.15, 0.2) is 35.7 Å². The van der Waals surface area contributed by atoms with Crippen LogP contribution in [-0.2, 0) is 0 Å². The summed E-state index contributed by atoms with van der Waals surface area (Å²) >= 11 is 0. The summed E-state index contributed by atoms with van der Waals surface area (Å²) in [4.78, 5) is 0. The standard InChI is InChI=1S/C12H18O2/c1-2-3-4-5-6-7-12(13)11-8-9-14-10-11/h2,8-10,12-13H,1,3-7H2. The van der Waals surface area contributed by atoms with E-state index in [4.69, 9.17) is 4.42 Å². The van der Waals surface area contributed by atoms with Gasteiger partial charge in [-0.1, -0.05) is 18.9 Å². The van der Waals surface area contributed by atoms with E-state index in [1.807, 2.05) is 12.1 Å². The second kappa shape index (κ2) is 6.44. The van der Waals surface area contributed by atoms with Crippen molar-refractivity contribution in [3.05, 3.63) is 36.8 Å². The van der Waals surface area contributed by atoms with Crippen molar-refractivity contribution >= 4 is 0 Å². The zero-order valence-electron chi connectivity index (χ0n) is 8.48. The quantitative estimate of drug-likeness (QED) is 0.532. The first kappa shape index (κ1) is 11.1. The first-order chi connectivity index (χ1) is 6.84. The van der Waals surface area contributed by atoms with Crippen LogP contribution in [-0.4, -0.2) is 5.11 Å². The van der Waals surface area contributed by atoms with Crippen LogP contribution >= 0.6 is 0 Å². The molecule has 1 rings (SSSR count). The van der Waals surface area contributed by atoms with Crippen LogP contribution in [0.4, 0.5) is 0 Å². The summed E-state index contributed by atoms with van der Waals surface area (Å²) in [5.74, 6) is 0. The van der Waals surface area contributed by atoms with Crippen molar-refractivity contribution in [2.24, 2.45) is 0 Å². The molecule has 1 unspecified atom stereocenters. The highest BCUT2D eigenvalue weighted by molar-refractivity contribution is 5.08. The monoisotopic (exact) mass is 194 g/mol. The van der Waals surface area contributed by atoms with Gasteiger partial charge in [0.25, 0.3) is 0 Å². The predicted octanol–water partition coefficient (Wildman–Crippen LogP) is 3.45. The molecule has 14 heavy (non-hydrogen) atoms. The largest absolute Gasteiger partial charge is 0.472 e. The Morgan fingerprint density at radius 3 is 2.93 bits per heavy atom. The number of hydrogen-bond acceptors (Lipinski definition) is 2. The Hall–Kier alpha value is -1.02. The van der Waals surface area contributed by atoms with Gasteiger partial charge in [-0.05, 0) is 25.3 Å². The third-order valence-corrected chi connectivity index (χ3v) is 2.31. The lowest BCUT2D eigenvalue weighted by Crippen LogP contribution is -1.95. The number of aliphatic hydroxyl groups excluding tert-OH is 1. The molecule has 2 heteroatoms. The predicted molar refractivity (Wildman–Crippen MR) is 56.9 cm³/mol. The average molecular weight is 194 g/mol. The molecule has 0 spiro atoms. The molecule has 2 nitrogen and oxygen atoms in total. The van der Waals surface area contributed by atoms with Crippen molar-refractivity contribution in [1.82, 2.24) is 0 Å². The third kappa shape index (κ3) is 3.79. The van der Waals surface area contributed by atoms with Gasteiger partial charge in [-0.25, -0.2) is 0 Å². The van der Waals surface area contributed by atoms with Crippen LogP contribution in [0.3, 0.4) is 0 Å². The third-order valence-electron chi connectivity index (χ3n) is 2.31. The summed E-state index contributed by atoms with van der Waals surface area (Å²) < 4.78 is 4.91. The number of rotatable bonds is 7. The van der Waals surface area contributed by atoms with Crippen LogP contribution in [0, 0.1) is 0 Å². The van der Waals surface area contributed by atoms with Gasteiger partial charge in [0.2, 0.25) is 0 Å². The van der Waals surface area contributed by atoms with Crippen molar-refractivity contribution in [3.8, 4) is 0 Å². The summed E-state index contributed by atoms with van der Waals surface area (Å²) in [6.07, 6.45) is 10.0. The van der Waals surface area contributed by atoms with Crippen molar-refractivity contribution in [1.29, 1.82) is 0 Å². The molecule has 1 aromatic rings. The first-order valence-electron chi connectivity index (χ1n) is 5.15. The molecule has 1 atom stereocenters. The summed E-state index contributed by atoms with van der Waals surface area (Å²) in [7, 11) is 0. The molecular formula is C12H18O2. The Labute approximate surface area is 85.2 Å². The highest BCUT2D eigenvalue weighted by Gasteiger charge is 2.07. The second-order valence-electron chi connectivity index (χ2n) is 3.50. The molecule has 0 aliphatic heterocycles. The molecular weight excluding hydrogens is 176 g/mol. The van der Waals surface area contributed by atoms with Gasteiger partial charge in [0, 0.05) is 5.56 Å². The fourth-order valence-corrected chi connectivity index (χ4v) is 1.43. The fraction of sp³-hybridized carbons (Fsp3) is 0.500. The Bertz CT molecular complexity index is 239. The van der Waals surface area contributed by atoms with Gasteiger partial charge in [-0.3, -0.25) is 0 Å². The van der Waals surface area contributed by atoms with E-state index in [1.54, 1.807) is 12.5 Å². The van der Waals surface area contributed by atoms with E-state index in [0.717, 1.165) is 31.2 Å². The highest BCUT2D eigenvalue weighted by atomic mass is 16.3. The Morgan fingerprint density at radius 2 is 2.29 bits per heavy atom. The van der Waals surface area contributed by atoms with Gasteiger partial charge in [-0.15, -0.1) is 6.58 Å². The molecule has 0 saturated heterocycles. The topological polar surface area (TPSA) is 33.4 Å². The minimum atomic E-state index is -0.363. The maximum absolute atomic E-state index is 9.69. The van der Waals surface area contributed by atoms with Gasteiger partial charge >= 0.3 is 0 Å². The number of unbranched alkanes of at least 4 members (excludes halogenated alkanes) is 3. The van der Waals surface area contributed by atoms with Gasteiger partial charge in [0.1, 0.15) is 0 Å². The molecule has 0 fully saturated rings. The SMILES string of the molecule is C=CCCCCCC(O)c1ccoc1. The van der Waals surface area contributed by atoms with Gasteiger partial charge in [-0.2, -0.15) is 0 Å². The number of hydrogen-bond donors (Lipinski definition) is 1. The normalized spacial score (nSPS) is 12.6. The maximum atomic E-state index is 9.69. The minimum Gasteiger partial charge on any atom is -0.472 e. The molecule has 0 bridgehead atoms. The molecule has 1 N–H and O–H groups in total. The van der Waals surface area contributed by atoms with Crippen molar-refractivity contribution in [3.63, 3.8) is 0 Å². The lowest BCUT2D eigenvalue weighted by molar-refractivity contribution is 0.162. The van der Waals surface area contributed by atoms with Crippen LogP contribution in [0.25, 0.3) is 0 Å². The molecule has 1 heterocycles. The summed E-state index contributed by atoms with van der Waals surface area (Å²) in [5.41, 5.74) is 0.883. The van der Waals surface area contributed by atoms with Crippen molar-refractivity contribution < 1.29 is 9.52 Å². The van der Waals surface area contributed by atoms with E-state index < -0.39 is 0 Å². The number of aliphatic hydroxyl groups is 1. The molecule has 78 valence electrons. The molecule has 0 aromatic carbocycles. The molecule has 0 saturated carbocycles. The Kier molecular flexibility index (Phi) is 5.08. The number of allylic oxidation sites excluding steroid dienone is 1. The van der Waals surface area contributed by atoms with E-state index in [0.29, 0.717) is 0 Å². The van der Waals surface area contributed by atoms with Crippen molar-refractivity contribution in [2.75, 3.05) is 0 Å². The lowest BCUT2D eigenvalue weighted by Gasteiger charge is -2.06. The smallest absolute Gasteiger partial charge is 0.0960 e. The van der Waals surface area contributed by atoms with E-state index in [-0.39, 0.29) is 6.10 Å². The van der Waals surface area contributed by atoms with Crippen LogP contribution in [0.2, 0.25) is 0 Å². The lowest BCUT2D eigenvalue weighted by atomic mass is 10.1. The summed E-state index contributed by atoms with van der Waals surface area (Å²) in [6.45, 7) is 3.67. The van der Waals surface area contributed by atoms with Crippen LogP contribution in [0.5, 0.6) is 0 Å². The fourth-order valence-electron chi connectivity index (χ4n) is 1.43. The maximum Gasteiger partial charge on any atom is 0.0960 e. The zero-order valence-corrected chi connectivity index (χ0v) is 8.48. The highest BCUT2D eigenvalue weighted by Crippen LogP contribution is 2.19. The molecule has 0 radical (unpaired) electrons. The van der Waals surface area contributed by atoms with E-state index in [9.17, 15) is 5.11 Å². The van der Waals surface area contributed by atoms with Gasteiger partial charge < -0.3 is 9.52 Å². The minimum absolute atomic E-state index is 0.363. The molecule has 0 aliphatic rings. The summed E-state index contributed by atoms with van der Waals surface area (Å²) in [6, 6.07) is 1.81. The van der Waals surface area contributed by atoms with Crippen LogP contribution < -0.4 is 0 Å². The van der Waals surface area contributed by atoms with E-state index >= 15 is 0 Å². The van der Waals surface area contributed by atoms with E-state index in [1.165, 1.54) is 6.42 Å². The Balaban J connectivity index is 2.10. The number of furan rings is 1. The van der Waals surface area contributed by atoms with Crippen molar-refractivity contribution in [2.45, 2.75) is 38.2 Å². The molecule has 0 aliphatic carbocycles. The Morgan fingerprint density at radius 1 is 1.43 bits per heavy atom. The molecule has 1 aromatic heterocycles. The first-order valence-corrected chi connectivity index (χ1v) is 5.15. The zero-order chi connectivity index (χ0) is 10.2. The molecule has 0 amide bonds. The van der Waals surface area contributed by atoms with Gasteiger partial charge in [0.05, 0.1) is 18.6 Å². The average Bonchev–Trinajstić information content (AvgIpc) is 2.70. The van der Waals surface area contributed by atoms with Gasteiger partial charge in [0.15, 0.2) is 0 Å². The van der Waals surface area contributed by atoms with E-state index in [2.05, 4.69) is 6.58 Å².